The number of nitrogens with zero attached hydrogens (tertiary/aromatic N) is 1. The summed E-state index contributed by atoms with van der Waals surface area (Å²) >= 11 is 0. The second-order valence-electron chi connectivity index (χ2n) is 8.45. The van der Waals surface area contributed by atoms with E-state index in [9.17, 15) is 27.6 Å². The van der Waals surface area contributed by atoms with Crippen molar-refractivity contribution in [3.63, 3.8) is 0 Å². The lowest BCUT2D eigenvalue weighted by Gasteiger charge is -2.36. The molecule has 1 fully saturated rings. The van der Waals surface area contributed by atoms with E-state index in [1.54, 1.807) is 48.5 Å². The van der Waals surface area contributed by atoms with E-state index in [1.165, 1.54) is 6.07 Å². The molecule has 4 N–H and O–H groups in total. The van der Waals surface area contributed by atoms with E-state index in [1.807, 2.05) is 30.3 Å². The van der Waals surface area contributed by atoms with Gasteiger partial charge in [-0.2, -0.15) is 8.42 Å². The predicted octanol–water partition coefficient (Wildman–Crippen LogP) is 1.58. The third-order valence-corrected chi connectivity index (χ3v) is 6.64. The summed E-state index contributed by atoms with van der Waals surface area (Å²) < 4.78 is 37.3. The zero-order valence-corrected chi connectivity index (χ0v) is 21.1. The number of nitrogens with one attached hydrogen (secondary N) is 3. The molecule has 5 amide bonds. The van der Waals surface area contributed by atoms with Gasteiger partial charge in [-0.05, 0) is 23.3 Å². The molecule has 202 valence electrons. The lowest BCUT2D eigenvalue weighted by Crippen LogP contribution is -2.66. The first-order valence-corrected chi connectivity index (χ1v) is 13.0. The smallest absolute Gasteiger partial charge is 0.362 e. The van der Waals surface area contributed by atoms with Gasteiger partial charge in [0.2, 0.25) is 5.91 Å². The van der Waals surface area contributed by atoms with E-state index in [4.69, 9.17) is 9.29 Å². The van der Waals surface area contributed by atoms with Crippen molar-refractivity contribution in [3.05, 3.63) is 102 Å². The Kier molecular flexibility index (Phi) is 8.22. The molecule has 0 aliphatic carbocycles. The van der Waals surface area contributed by atoms with Gasteiger partial charge in [0, 0.05) is 0 Å². The van der Waals surface area contributed by atoms with Gasteiger partial charge in [0.05, 0.1) is 12.1 Å². The summed E-state index contributed by atoms with van der Waals surface area (Å²) in [5, 5.41) is 6.92. The van der Waals surface area contributed by atoms with Crippen LogP contribution in [0.3, 0.4) is 0 Å². The Morgan fingerprint density at radius 1 is 0.949 bits per heavy atom. The molecule has 3 aromatic rings. The molecule has 0 saturated carbocycles. The molecule has 0 aromatic heterocycles. The van der Waals surface area contributed by atoms with E-state index in [0.29, 0.717) is 5.56 Å². The van der Waals surface area contributed by atoms with E-state index >= 15 is 0 Å². The molecule has 1 aliphatic rings. The minimum Gasteiger partial charge on any atom is -0.488 e. The minimum absolute atomic E-state index is 0.0923. The number of benzene rings is 3. The minimum atomic E-state index is -4.73. The Bertz CT molecular complexity index is 1480. The molecule has 0 spiro atoms. The molecule has 0 radical (unpaired) electrons. The summed E-state index contributed by atoms with van der Waals surface area (Å²) in [6.45, 7) is -0.266. The van der Waals surface area contributed by atoms with Crippen LogP contribution in [0.5, 0.6) is 5.75 Å². The summed E-state index contributed by atoms with van der Waals surface area (Å²) in [7, 11) is -4.73. The van der Waals surface area contributed by atoms with Crippen LogP contribution < -0.4 is 20.7 Å². The first-order valence-electron chi connectivity index (χ1n) is 11.7. The summed E-state index contributed by atoms with van der Waals surface area (Å²) in [6.07, 6.45) is 0. The fourth-order valence-electron chi connectivity index (χ4n) is 3.76. The Hall–Kier alpha value is -4.75. The van der Waals surface area contributed by atoms with Crippen LogP contribution in [0.15, 0.2) is 84.9 Å². The van der Waals surface area contributed by atoms with Crippen molar-refractivity contribution in [2.75, 3.05) is 6.54 Å². The second-order valence-corrected chi connectivity index (χ2v) is 9.79. The second kappa shape index (κ2) is 11.8. The van der Waals surface area contributed by atoms with Gasteiger partial charge >= 0.3 is 16.3 Å². The van der Waals surface area contributed by atoms with Gasteiger partial charge in [-0.1, -0.05) is 72.8 Å². The number of para-hydroxylation sites is 1. The zero-order valence-electron chi connectivity index (χ0n) is 20.3. The normalized spacial score (nSPS) is 15.5. The fraction of sp³-hybridized carbons (Fsp3) is 0.154. The van der Waals surface area contributed by atoms with E-state index in [2.05, 4.69) is 16.0 Å². The number of hydrogen-bond acceptors (Lipinski definition) is 7. The monoisotopic (exact) mass is 552 g/mol. The van der Waals surface area contributed by atoms with E-state index < -0.39 is 52.7 Å². The average Bonchev–Trinajstić information content (AvgIpc) is 2.92. The highest BCUT2D eigenvalue weighted by molar-refractivity contribution is 7.84. The topological polar surface area (TPSA) is 171 Å². The van der Waals surface area contributed by atoms with Crippen molar-refractivity contribution in [3.8, 4) is 5.75 Å². The van der Waals surface area contributed by atoms with Crippen LogP contribution >= 0.6 is 0 Å². The molecule has 1 heterocycles. The number of ether oxygens (including phenoxy) is 1. The number of carbonyl (C=O) groups is 4. The van der Waals surface area contributed by atoms with Gasteiger partial charge in [0.15, 0.2) is 0 Å². The predicted molar refractivity (Wildman–Crippen MR) is 138 cm³/mol. The van der Waals surface area contributed by atoms with Gasteiger partial charge in [0.25, 0.3) is 11.8 Å². The zero-order chi connectivity index (χ0) is 28.0. The molecular weight excluding hydrogens is 528 g/mol. The largest absolute Gasteiger partial charge is 0.488 e. The lowest BCUT2D eigenvalue weighted by atomic mass is 10.0. The first-order chi connectivity index (χ1) is 18.6. The van der Waals surface area contributed by atoms with Crippen LogP contribution in [0.4, 0.5) is 4.79 Å². The molecule has 12 nitrogen and oxygen atoms in total. The standard InChI is InChI=1S/C26H24N4O8S/c31-23(19-13-7-8-14-21(19)38-16-17-9-3-1-4-10-17)29-26(34)28-22(18-11-5-2-6-12-18)24(32)27-20-15-30(25(20)33)39(35,36)37/h1-14,20,22H,15-16H2,(H,27,32)(H,35,36,37)(H2,28,29,31,34). The van der Waals surface area contributed by atoms with Gasteiger partial charge in [0.1, 0.15) is 24.4 Å². The van der Waals surface area contributed by atoms with Crippen molar-refractivity contribution in [1.29, 1.82) is 0 Å². The highest BCUT2D eigenvalue weighted by Gasteiger charge is 2.45. The Morgan fingerprint density at radius 2 is 1.56 bits per heavy atom. The number of urea groups is 1. The molecule has 1 saturated heterocycles. The number of β-lactam (4-membered cyclic amide) rings is 1. The Balaban J connectivity index is 1.42. The first kappa shape index (κ1) is 27.3. The quantitative estimate of drug-likeness (QED) is 0.229. The van der Waals surface area contributed by atoms with Crippen molar-refractivity contribution >= 4 is 34.1 Å². The number of hydrogen-bond donors (Lipinski definition) is 4. The summed E-state index contributed by atoms with van der Waals surface area (Å²) in [6, 6.07) is 20.1. The highest BCUT2D eigenvalue weighted by atomic mass is 32.2. The molecule has 3 aromatic carbocycles. The van der Waals surface area contributed by atoms with Crippen LogP contribution in [-0.2, 0) is 26.5 Å². The van der Waals surface area contributed by atoms with Crippen LogP contribution in [0.1, 0.15) is 27.5 Å². The third-order valence-electron chi connectivity index (χ3n) is 5.75. The van der Waals surface area contributed by atoms with Crippen molar-refractivity contribution in [1.82, 2.24) is 20.3 Å². The van der Waals surface area contributed by atoms with Gasteiger partial charge in [-0.3, -0.25) is 24.3 Å². The van der Waals surface area contributed by atoms with Crippen LogP contribution in [0.2, 0.25) is 0 Å². The van der Waals surface area contributed by atoms with Crippen molar-refractivity contribution < 1.29 is 36.9 Å². The number of amides is 5. The number of imide groups is 1. The fourth-order valence-corrected chi connectivity index (χ4v) is 4.46. The van der Waals surface area contributed by atoms with Gasteiger partial charge in [-0.25, -0.2) is 9.10 Å². The van der Waals surface area contributed by atoms with E-state index in [-0.39, 0.29) is 22.2 Å². The molecule has 13 heteroatoms. The van der Waals surface area contributed by atoms with Crippen molar-refractivity contribution in [2.45, 2.75) is 18.7 Å². The number of carbonyl (C=O) groups excluding carboxylic acids is 4. The SMILES string of the molecule is O=C(NC(=O)c1ccccc1OCc1ccccc1)NC(C(=O)NC1CN(S(=O)(=O)O)C1=O)c1ccccc1. The highest BCUT2D eigenvalue weighted by Crippen LogP contribution is 2.20. The van der Waals surface area contributed by atoms with E-state index in [0.717, 1.165) is 5.56 Å². The molecular formula is C26H24N4O8S. The van der Waals surface area contributed by atoms with Crippen molar-refractivity contribution in [2.24, 2.45) is 0 Å². The maximum atomic E-state index is 13.0. The maximum absolute atomic E-state index is 13.0. The molecule has 4 rings (SSSR count). The Labute approximate surface area is 223 Å². The van der Waals surface area contributed by atoms with Crippen LogP contribution in [0.25, 0.3) is 0 Å². The average molecular weight is 553 g/mol. The number of rotatable bonds is 9. The summed E-state index contributed by atoms with van der Waals surface area (Å²) in [5.74, 6) is -2.38. The summed E-state index contributed by atoms with van der Waals surface area (Å²) in [5.41, 5.74) is 1.31. The van der Waals surface area contributed by atoms with Gasteiger partial charge in [-0.15, -0.1) is 0 Å². The molecule has 39 heavy (non-hydrogen) atoms. The molecule has 2 atom stereocenters. The Morgan fingerprint density at radius 3 is 2.21 bits per heavy atom. The molecule has 1 aliphatic heterocycles. The van der Waals surface area contributed by atoms with Crippen LogP contribution in [-0.4, -0.2) is 53.6 Å². The summed E-state index contributed by atoms with van der Waals surface area (Å²) in [4.78, 5) is 50.7. The molecule has 0 bridgehead atoms. The molecule has 2 unspecified atom stereocenters. The lowest BCUT2D eigenvalue weighted by molar-refractivity contribution is -0.141. The third kappa shape index (κ3) is 6.77. The van der Waals surface area contributed by atoms with Gasteiger partial charge < -0.3 is 15.4 Å². The van der Waals surface area contributed by atoms with Crippen LogP contribution in [0, 0.1) is 0 Å². The maximum Gasteiger partial charge on any atom is 0.362 e.